The van der Waals surface area contributed by atoms with E-state index in [9.17, 15) is 14.4 Å². The van der Waals surface area contributed by atoms with E-state index < -0.39 is 18.0 Å². The smallest absolute Gasteiger partial charge is 0.344 e. The molecule has 0 aromatic heterocycles. The van der Waals surface area contributed by atoms with Gasteiger partial charge in [-0.3, -0.25) is 4.79 Å². The molecule has 8 nitrogen and oxygen atoms in total. The van der Waals surface area contributed by atoms with Crippen molar-refractivity contribution in [2.75, 3.05) is 19.8 Å². The van der Waals surface area contributed by atoms with Gasteiger partial charge in [0.25, 0.3) is 0 Å². The van der Waals surface area contributed by atoms with Gasteiger partial charge in [-0.2, -0.15) is 0 Å². The summed E-state index contributed by atoms with van der Waals surface area (Å²) in [6.45, 7) is 7.01. The van der Waals surface area contributed by atoms with E-state index in [0.29, 0.717) is 39.4 Å². The van der Waals surface area contributed by atoms with E-state index in [0.717, 1.165) is 0 Å². The molecule has 1 aliphatic rings. The minimum Gasteiger partial charge on any atom is -0.490 e. The number of ketones is 1. The summed E-state index contributed by atoms with van der Waals surface area (Å²) in [4.78, 5) is 35.7. The maximum absolute atomic E-state index is 12.2. The lowest BCUT2D eigenvalue weighted by Gasteiger charge is -2.29. The first kappa shape index (κ1) is 21.7. The molecule has 2 amide bonds. The van der Waals surface area contributed by atoms with Gasteiger partial charge >= 0.3 is 12.0 Å². The molecule has 0 fully saturated rings. The van der Waals surface area contributed by atoms with Crippen LogP contribution in [0, 0.1) is 0 Å². The molecule has 0 unspecified atom stereocenters. The maximum atomic E-state index is 12.2. The van der Waals surface area contributed by atoms with E-state index in [1.54, 1.807) is 26.0 Å². The third-order valence-electron chi connectivity index (χ3n) is 3.97. The molecule has 1 aliphatic heterocycles. The predicted octanol–water partition coefficient (Wildman–Crippen LogP) is 3.01. The summed E-state index contributed by atoms with van der Waals surface area (Å²) in [5, 5.41) is 5.37. The minimum atomic E-state index is -0.654. The standard InChI is InChI=1S/C19H23BrN2O6/c1-5-26-14-7-12(13(20)8-15(14)28-9-16(24)27-6-2)18-17(11(4)23)10(3)21-19(25)22-18/h7-8,18H,5-6,9H2,1-4H3,(H2,21,22,25)/t18-/m1/s1. The first-order chi connectivity index (χ1) is 13.3. The van der Waals surface area contributed by atoms with E-state index >= 15 is 0 Å². The highest BCUT2D eigenvalue weighted by molar-refractivity contribution is 9.10. The minimum absolute atomic E-state index is 0.164. The Hall–Kier alpha value is -2.55. The number of amides is 2. The van der Waals surface area contributed by atoms with Crippen molar-refractivity contribution in [1.82, 2.24) is 10.6 Å². The number of rotatable bonds is 8. The molecule has 0 saturated heterocycles. The fourth-order valence-electron chi connectivity index (χ4n) is 2.89. The fourth-order valence-corrected chi connectivity index (χ4v) is 3.44. The normalized spacial score (nSPS) is 16.2. The number of carbonyl (C=O) groups excluding carboxylic acids is 3. The Kier molecular flexibility index (Phi) is 7.45. The van der Waals surface area contributed by atoms with Crippen molar-refractivity contribution in [2.24, 2.45) is 0 Å². The second-order valence-corrected chi connectivity index (χ2v) is 6.83. The summed E-state index contributed by atoms with van der Waals surface area (Å²) >= 11 is 3.46. The van der Waals surface area contributed by atoms with Crippen LogP contribution >= 0.6 is 15.9 Å². The molecule has 9 heteroatoms. The van der Waals surface area contributed by atoms with Crippen molar-refractivity contribution in [3.8, 4) is 11.5 Å². The number of hydrogen-bond donors (Lipinski definition) is 2. The van der Waals surface area contributed by atoms with Gasteiger partial charge in [-0.15, -0.1) is 0 Å². The van der Waals surface area contributed by atoms with E-state index in [4.69, 9.17) is 14.2 Å². The number of hydrogen-bond acceptors (Lipinski definition) is 6. The Morgan fingerprint density at radius 3 is 2.43 bits per heavy atom. The Labute approximate surface area is 171 Å². The van der Waals surface area contributed by atoms with Crippen LogP contribution in [0.1, 0.15) is 39.3 Å². The molecule has 0 radical (unpaired) electrons. The zero-order valence-electron chi connectivity index (χ0n) is 16.2. The topological polar surface area (TPSA) is 103 Å². The first-order valence-electron chi connectivity index (χ1n) is 8.82. The largest absolute Gasteiger partial charge is 0.490 e. The molecule has 0 spiro atoms. The van der Waals surface area contributed by atoms with Crippen LogP contribution in [0.5, 0.6) is 11.5 Å². The summed E-state index contributed by atoms with van der Waals surface area (Å²) in [6, 6.07) is 2.26. The number of benzene rings is 1. The van der Waals surface area contributed by atoms with Crippen LogP contribution in [-0.4, -0.2) is 37.6 Å². The van der Waals surface area contributed by atoms with Crippen LogP contribution in [0.15, 0.2) is 27.9 Å². The second-order valence-electron chi connectivity index (χ2n) is 5.97. The molecular formula is C19H23BrN2O6. The van der Waals surface area contributed by atoms with Gasteiger partial charge in [0.15, 0.2) is 23.9 Å². The lowest BCUT2D eigenvalue weighted by Crippen LogP contribution is -2.44. The maximum Gasteiger partial charge on any atom is 0.344 e. The van der Waals surface area contributed by atoms with Gasteiger partial charge < -0.3 is 24.8 Å². The number of allylic oxidation sites excluding steroid dienone is 1. The first-order valence-corrected chi connectivity index (χ1v) is 9.61. The highest BCUT2D eigenvalue weighted by Gasteiger charge is 2.31. The van der Waals surface area contributed by atoms with Gasteiger partial charge in [0.05, 0.1) is 19.3 Å². The van der Waals surface area contributed by atoms with Crippen LogP contribution in [0.2, 0.25) is 0 Å². The summed E-state index contributed by atoms with van der Waals surface area (Å²) in [5.41, 5.74) is 1.57. The van der Waals surface area contributed by atoms with Crippen molar-refractivity contribution in [1.29, 1.82) is 0 Å². The van der Waals surface area contributed by atoms with Crippen molar-refractivity contribution < 1.29 is 28.6 Å². The molecule has 2 N–H and O–H groups in total. The molecule has 1 aromatic rings. The summed E-state index contributed by atoms with van der Waals surface area (Å²) in [7, 11) is 0. The molecule has 28 heavy (non-hydrogen) atoms. The van der Waals surface area contributed by atoms with Gasteiger partial charge in [0.2, 0.25) is 0 Å². The number of carbonyl (C=O) groups is 3. The van der Waals surface area contributed by atoms with Gasteiger partial charge in [0.1, 0.15) is 0 Å². The predicted molar refractivity (Wildman–Crippen MR) is 105 cm³/mol. The number of Topliss-reactive ketones (excluding diaryl/α,β-unsaturated/α-hetero) is 1. The fraction of sp³-hybridized carbons (Fsp3) is 0.421. The van der Waals surface area contributed by atoms with E-state index in [1.807, 2.05) is 6.92 Å². The molecule has 2 rings (SSSR count). The van der Waals surface area contributed by atoms with Gasteiger partial charge in [0, 0.05) is 15.7 Å². The van der Waals surface area contributed by atoms with E-state index in [1.165, 1.54) is 6.92 Å². The average molecular weight is 455 g/mol. The van der Waals surface area contributed by atoms with Crippen LogP contribution < -0.4 is 20.1 Å². The Morgan fingerprint density at radius 1 is 1.14 bits per heavy atom. The van der Waals surface area contributed by atoms with Gasteiger partial charge in [-0.25, -0.2) is 9.59 Å². The number of nitrogens with one attached hydrogen (secondary N) is 2. The van der Waals surface area contributed by atoms with Crippen LogP contribution in [0.3, 0.4) is 0 Å². The summed E-state index contributed by atoms with van der Waals surface area (Å²) in [5.74, 6) is 0.0740. The van der Waals surface area contributed by atoms with Crippen LogP contribution in [0.4, 0.5) is 4.79 Å². The highest BCUT2D eigenvalue weighted by Crippen LogP contribution is 2.39. The number of esters is 1. The Balaban J connectivity index is 2.43. The highest BCUT2D eigenvalue weighted by atomic mass is 79.9. The zero-order chi connectivity index (χ0) is 20.8. The third-order valence-corrected chi connectivity index (χ3v) is 4.66. The Morgan fingerprint density at radius 2 is 1.82 bits per heavy atom. The van der Waals surface area contributed by atoms with Crippen LogP contribution in [-0.2, 0) is 14.3 Å². The molecule has 1 aromatic carbocycles. The summed E-state index contributed by atoms with van der Waals surface area (Å²) < 4.78 is 16.6. The number of urea groups is 1. The van der Waals surface area contributed by atoms with Gasteiger partial charge in [-0.1, -0.05) is 15.9 Å². The van der Waals surface area contributed by atoms with Crippen molar-refractivity contribution in [3.63, 3.8) is 0 Å². The van der Waals surface area contributed by atoms with E-state index in [-0.39, 0.29) is 19.0 Å². The van der Waals surface area contributed by atoms with Crippen molar-refractivity contribution in [3.05, 3.63) is 33.4 Å². The molecule has 1 atom stereocenters. The number of halogens is 1. The molecule has 152 valence electrons. The van der Waals surface area contributed by atoms with E-state index in [2.05, 4.69) is 26.6 Å². The molecule has 0 saturated carbocycles. The molecule has 0 bridgehead atoms. The number of ether oxygens (including phenoxy) is 3. The lowest BCUT2D eigenvalue weighted by molar-refractivity contribution is -0.145. The van der Waals surface area contributed by atoms with Crippen molar-refractivity contribution >= 4 is 33.7 Å². The van der Waals surface area contributed by atoms with Crippen LogP contribution in [0.25, 0.3) is 0 Å². The molecule has 0 aliphatic carbocycles. The second kappa shape index (κ2) is 9.59. The SMILES string of the molecule is CCOC(=O)COc1cc(Br)c([C@H]2NC(=O)NC(C)=C2C(C)=O)cc1OCC. The molecular weight excluding hydrogens is 432 g/mol. The molecule has 1 heterocycles. The quantitative estimate of drug-likeness (QED) is 0.585. The summed E-state index contributed by atoms with van der Waals surface area (Å²) in [6.07, 6.45) is 0. The van der Waals surface area contributed by atoms with Gasteiger partial charge in [-0.05, 0) is 45.4 Å². The van der Waals surface area contributed by atoms with Crippen molar-refractivity contribution in [2.45, 2.75) is 33.7 Å². The Bertz CT molecular complexity index is 821. The lowest BCUT2D eigenvalue weighted by atomic mass is 9.93. The average Bonchev–Trinajstić information content (AvgIpc) is 2.60. The third kappa shape index (κ3) is 5.03. The zero-order valence-corrected chi connectivity index (χ0v) is 17.8. The monoisotopic (exact) mass is 454 g/mol.